The fourth-order valence-corrected chi connectivity index (χ4v) is 4.13. The molecule has 0 saturated carbocycles. The Labute approximate surface area is 208 Å². The zero-order valence-corrected chi connectivity index (χ0v) is 21.6. The van der Waals surface area contributed by atoms with Crippen LogP contribution >= 0.6 is 0 Å². The molecule has 0 aromatic heterocycles. The lowest BCUT2D eigenvalue weighted by atomic mass is 9.85. The van der Waals surface area contributed by atoms with Gasteiger partial charge in [0.05, 0.1) is 18.2 Å². The Morgan fingerprint density at radius 2 is 1.66 bits per heavy atom. The first-order valence-electron chi connectivity index (χ1n) is 12.2. The largest absolute Gasteiger partial charge is 0.507 e. The number of hydrogen-bond donors (Lipinski definition) is 1. The van der Waals surface area contributed by atoms with Crippen molar-refractivity contribution < 1.29 is 24.2 Å². The second kappa shape index (κ2) is 11.1. The normalized spacial score (nSPS) is 17.9. The number of nitrogens with zero attached hydrogens (tertiary/aromatic N) is 1. The molecular weight excluding hydrogens is 442 g/mol. The molecule has 1 saturated heterocycles. The van der Waals surface area contributed by atoms with Crippen LogP contribution in [0, 0.1) is 5.92 Å². The van der Waals surface area contributed by atoms with Gasteiger partial charge in [0.25, 0.3) is 11.7 Å². The first-order valence-corrected chi connectivity index (χ1v) is 12.2. The van der Waals surface area contributed by atoms with Gasteiger partial charge in [-0.15, -0.1) is 0 Å². The molecule has 1 N–H and O–H groups in total. The van der Waals surface area contributed by atoms with Crippen molar-refractivity contribution in [2.24, 2.45) is 5.92 Å². The Hall–Kier alpha value is -3.12. The lowest BCUT2D eigenvalue weighted by molar-refractivity contribution is -0.140. The van der Waals surface area contributed by atoms with Gasteiger partial charge >= 0.3 is 0 Å². The molecule has 1 unspecified atom stereocenters. The van der Waals surface area contributed by atoms with E-state index in [1.807, 2.05) is 24.3 Å². The number of hydrogen-bond acceptors (Lipinski definition) is 5. The maximum Gasteiger partial charge on any atom is 0.295 e. The number of amides is 1. The summed E-state index contributed by atoms with van der Waals surface area (Å²) in [5, 5.41) is 11.2. The second-order valence-corrected chi connectivity index (χ2v) is 10.4. The van der Waals surface area contributed by atoms with Gasteiger partial charge in [0, 0.05) is 25.8 Å². The van der Waals surface area contributed by atoms with Crippen molar-refractivity contribution in [3.63, 3.8) is 0 Å². The van der Waals surface area contributed by atoms with E-state index < -0.39 is 17.7 Å². The first kappa shape index (κ1) is 26.5. The molecule has 1 atom stereocenters. The van der Waals surface area contributed by atoms with E-state index in [4.69, 9.17) is 9.47 Å². The highest BCUT2D eigenvalue weighted by Crippen LogP contribution is 2.40. The summed E-state index contributed by atoms with van der Waals surface area (Å²) < 4.78 is 10.9. The van der Waals surface area contributed by atoms with Crippen LogP contribution < -0.4 is 4.74 Å². The number of ketones is 1. The van der Waals surface area contributed by atoms with Crippen LogP contribution in [-0.2, 0) is 19.7 Å². The first-order chi connectivity index (χ1) is 16.5. The van der Waals surface area contributed by atoms with Crippen molar-refractivity contribution in [2.75, 3.05) is 26.9 Å². The van der Waals surface area contributed by atoms with E-state index in [1.54, 1.807) is 36.3 Å². The zero-order chi connectivity index (χ0) is 25.8. The van der Waals surface area contributed by atoms with E-state index in [0.29, 0.717) is 43.4 Å². The molecule has 0 radical (unpaired) electrons. The van der Waals surface area contributed by atoms with E-state index in [-0.39, 0.29) is 16.7 Å². The zero-order valence-electron chi connectivity index (χ0n) is 21.6. The van der Waals surface area contributed by atoms with E-state index in [0.717, 1.165) is 11.1 Å². The SMILES string of the molecule is COCCCN1C(=O)C(=O)/C(=C(\O)c2ccc(OCC(C)C)cc2)C1c1ccc(C(C)(C)C)cc1. The molecule has 6 nitrogen and oxygen atoms in total. The van der Waals surface area contributed by atoms with Crippen LogP contribution in [0.3, 0.4) is 0 Å². The van der Waals surface area contributed by atoms with E-state index in [1.165, 1.54) is 0 Å². The quantitative estimate of drug-likeness (QED) is 0.223. The van der Waals surface area contributed by atoms with E-state index >= 15 is 0 Å². The van der Waals surface area contributed by atoms with Gasteiger partial charge in [0.15, 0.2) is 0 Å². The number of likely N-dealkylation sites (tertiary alicyclic amines) is 1. The Morgan fingerprint density at radius 1 is 1.03 bits per heavy atom. The molecule has 1 fully saturated rings. The number of rotatable bonds is 9. The minimum absolute atomic E-state index is 0.0296. The lowest BCUT2D eigenvalue weighted by Crippen LogP contribution is -2.31. The van der Waals surface area contributed by atoms with Crippen LogP contribution in [0.1, 0.15) is 63.8 Å². The number of aliphatic hydroxyl groups is 1. The molecule has 188 valence electrons. The molecule has 1 aliphatic rings. The summed E-state index contributed by atoms with van der Waals surface area (Å²) in [5.41, 5.74) is 2.47. The van der Waals surface area contributed by atoms with Crippen molar-refractivity contribution in [2.45, 2.75) is 52.5 Å². The van der Waals surface area contributed by atoms with Crippen molar-refractivity contribution >= 4 is 17.4 Å². The molecule has 1 aliphatic heterocycles. The molecule has 1 heterocycles. The Balaban J connectivity index is 2.03. The highest BCUT2D eigenvalue weighted by atomic mass is 16.5. The highest BCUT2D eigenvalue weighted by Gasteiger charge is 2.45. The fourth-order valence-electron chi connectivity index (χ4n) is 4.13. The number of Topliss-reactive ketones (excluding diaryl/α,β-unsaturated/α-hetero) is 1. The summed E-state index contributed by atoms with van der Waals surface area (Å²) in [4.78, 5) is 27.7. The average Bonchev–Trinajstić information content (AvgIpc) is 3.07. The molecule has 1 amide bonds. The summed E-state index contributed by atoms with van der Waals surface area (Å²) >= 11 is 0. The summed E-state index contributed by atoms with van der Waals surface area (Å²) in [7, 11) is 1.60. The van der Waals surface area contributed by atoms with Gasteiger partial charge in [0.2, 0.25) is 0 Å². The Morgan fingerprint density at radius 3 is 2.20 bits per heavy atom. The second-order valence-electron chi connectivity index (χ2n) is 10.4. The van der Waals surface area contributed by atoms with Crippen LogP contribution in [0.25, 0.3) is 5.76 Å². The minimum atomic E-state index is -0.676. The number of methoxy groups -OCH3 is 1. The lowest BCUT2D eigenvalue weighted by Gasteiger charge is -2.26. The number of benzene rings is 2. The van der Waals surface area contributed by atoms with Gasteiger partial charge in [-0.1, -0.05) is 58.9 Å². The van der Waals surface area contributed by atoms with Gasteiger partial charge in [-0.3, -0.25) is 9.59 Å². The van der Waals surface area contributed by atoms with E-state index in [9.17, 15) is 14.7 Å². The van der Waals surface area contributed by atoms with Crippen LogP contribution in [0.5, 0.6) is 5.75 Å². The predicted octanol–water partition coefficient (Wildman–Crippen LogP) is 5.48. The molecule has 3 rings (SSSR count). The van der Waals surface area contributed by atoms with Gasteiger partial charge in [-0.2, -0.15) is 0 Å². The summed E-state index contributed by atoms with van der Waals surface area (Å²) in [5.74, 6) is -0.390. The van der Waals surface area contributed by atoms with Gasteiger partial charge in [0.1, 0.15) is 11.5 Å². The van der Waals surface area contributed by atoms with Crippen molar-refractivity contribution in [1.29, 1.82) is 0 Å². The molecule has 6 heteroatoms. The summed E-state index contributed by atoms with van der Waals surface area (Å²) in [6.45, 7) is 11.9. The summed E-state index contributed by atoms with van der Waals surface area (Å²) in [6, 6.07) is 14.2. The third-order valence-electron chi connectivity index (χ3n) is 6.09. The average molecular weight is 480 g/mol. The van der Waals surface area contributed by atoms with Gasteiger partial charge in [-0.25, -0.2) is 0 Å². The van der Waals surface area contributed by atoms with Crippen LogP contribution in [0.4, 0.5) is 0 Å². The van der Waals surface area contributed by atoms with Crippen LogP contribution in [0.15, 0.2) is 54.1 Å². The Bertz CT molecular complexity index is 1060. The van der Waals surface area contributed by atoms with Crippen molar-refractivity contribution in [1.82, 2.24) is 4.90 Å². The Kier molecular flexibility index (Phi) is 8.39. The molecule has 0 aliphatic carbocycles. The maximum atomic E-state index is 13.2. The standard InChI is InChI=1S/C29H37NO5/c1-19(2)18-35-23-14-10-21(11-15-23)26(31)24-25(20-8-12-22(13-9-20)29(3,4)5)30(16-7-17-34-6)28(33)27(24)32/h8-15,19,25,31H,7,16-18H2,1-6H3/b26-24-. The van der Waals surface area contributed by atoms with E-state index in [2.05, 4.69) is 34.6 Å². The van der Waals surface area contributed by atoms with Gasteiger partial charge < -0.3 is 19.5 Å². The molecule has 35 heavy (non-hydrogen) atoms. The predicted molar refractivity (Wildman–Crippen MR) is 137 cm³/mol. The summed E-state index contributed by atoms with van der Waals surface area (Å²) in [6.07, 6.45) is 0.585. The monoisotopic (exact) mass is 479 g/mol. The molecule has 0 spiro atoms. The maximum absolute atomic E-state index is 13.2. The number of carbonyl (C=O) groups excluding carboxylic acids is 2. The van der Waals surface area contributed by atoms with Crippen molar-refractivity contribution in [3.8, 4) is 5.75 Å². The van der Waals surface area contributed by atoms with Gasteiger partial charge in [-0.05, 0) is 53.1 Å². The van der Waals surface area contributed by atoms with Crippen LogP contribution in [0.2, 0.25) is 0 Å². The number of aliphatic hydroxyl groups excluding tert-OH is 1. The molecule has 0 bridgehead atoms. The number of ether oxygens (including phenoxy) is 2. The highest BCUT2D eigenvalue weighted by molar-refractivity contribution is 6.46. The van der Waals surface area contributed by atoms with Crippen molar-refractivity contribution in [3.05, 3.63) is 70.8 Å². The molecular formula is C29H37NO5. The third-order valence-corrected chi connectivity index (χ3v) is 6.09. The fraction of sp³-hybridized carbons (Fsp3) is 0.448. The number of carbonyl (C=O) groups is 2. The molecule has 2 aromatic carbocycles. The minimum Gasteiger partial charge on any atom is -0.507 e. The molecule has 2 aromatic rings. The van der Waals surface area contributed by atoms with Crippen LogP contribution in [-0.4, -0.2) is 48.6 Å². The third kappa shape index (κ3) is 6.12. The topological polar surface area (TPSA) is 76.1 Å². The smallest absolute Gasteiger partial charge is 0.295 e.